The first-order chi connectivity index (χ1) is 12.5. The Labute approximate surface area is 155 Å². The van der Waals surface area contributed by atoms with Crippen molar-refractivity contribution in [1.29, 1.82) is 0 Å². The van der Waals surface area contributed by atoms with E-state index in [0.29, 0.717) is 29.5 Å². The monoisotopic (exact) mass is 350 g/mol. The van der Waals surface area contributed by atoms with Crippen molar-refractivity contribution in [2.45, 2.75) is 26.7 Å². The van der Waals surface area contributed by atoms with Gasteiger partial charge < -0.3 is 10.2 Å². The van der Waals surface area contributed by atoms with Crippen molar-refractivity contribution >= 4 is 17.5 Å². The molecule has 2 amide bonds. The highest BCUT2D eigenvalue weighted by molar-refractivity contribution is 5.96. The lowest BCUT2D eigenvalue weighted by Gasteiger charge is -2.35. The summed E-state index contributed by atoms with van der Waals surface area (Å²) in [5, 5.41) is 2.89. The largest absolute Gasteiger partial charge is 0.338 e. The molecule has 2 unspecified atom stereocenters. The minimum atomic E-state index is -0.0612. The van der Waals surface area contributed by atoms with Crippen molar-refractivity contribution in [2.24, 2.45) is 11.8 Å². The molecule has 1 heterocycles. The smallest absolute Gasteiger partial charge is 0.253 e. The molecule has 2 atom stereocenters. The molecule has 1 saturated heterocycles. The Kier molecular flexibility index (Phi) is 5.71. The summed E-state index contributed by atoms with van der Waals surface area (Å²) in [6.07, 6.45) is 1.52. The van der Waals surface area contributed by atoms with E-state index in [9.17, 15) is 9.59 Å². The Morgan fingerprint density at radius 3 is 2.19 bits per heavy atom. The Morgan fingerprint density at radius 1 is 0.962 bits per heavy atom. The Morgan fingerprint density at radius 2 is 1.58 bits per heavy atom. The van der Waals surface area contributed by atoms with Gasteiger partial charge in [-0.15, -0.1) is 0 Å². The lowest BCUT2D eigenvalue weighted by atomic mass is 9.91. The van der Waals surface area contributed by atoms with Gasteiger partial charge in [0.05, 0.1) is 6.42 Å². The molecule has 0 radical (unpaired) electrons. The van der Waals surface area contributed by atoms with Crippen LogP contribution in [0.2, 0.25) is 0 Å². The summed E-state index contributed by atoms with van der Waals surface area (Å²) in [6.45, 7) is 6.03. The van der Waals surface area contributed by atoms with Crippen LogP contribution in [0.25, 0.3) is 0 Å². The van der Waals surface area contributed by atoms with Crippen LogP contribution < -0.4 is 5.32 Å². The number of nitrogens with one attached hydrogen (secondary N) is 1. The van der Waals surface area contributed by atoms with Crippen LogP contribution in [0.15, 0.2) is 54.6 Å². The van der Waals surface area contributed by atoms with E-state index >= 15 is 0 Å². The van der Waals surface area contributed by atoms with Gasteiger partial charge in [0.15, 0.2) is 0 Å². The Bertz CT molecular complexity index is 745. The second kappa shape index (κ2) is 8.17. The zero-order chi connectivity index (χ0) is 18.5. The Balaban J connectivity index is 1.59. The molecule has 136 valence electrons. The van der Waals surface area contributed by atoms with Crippen LogP contribution >= 0.6 is 0 Å². The Hall–Kier alpha value is -2.62. The van der Waals surface area contributed by atoms with E-state index in [1.165, 1.54) is 6.42 Å². The van der Waals surface area contributed by atoms with Crippen LogP contribution in [0.1, 0.15) is 36.2 Å². The van der Waals surface area contributed by atoms with E-state index < -0.39 is 0 Å². The number of benzene rings is 2. The third kappa shape index (κ3) is 4.72. The molecular formula is C22H26N2O2. The maximum atomic E-state index is 12.7. The standard InChI is InChI=1S/C22H26N2O2/c1-16-12-17(2)15-24(14-16)22(26)19-8-10-20(11-9-19)23-21(25)13-18-6-4-3-5-7-18/h3-11,16-17H,12-15H2,1-2H3,(H,23,25). The van der Waals surface area contributed by atoms with E-state index in [2.05, 4.69) is 19.2 Å². The second-order valence-electron chi connectivity index (χ2n) is 7.44. The molecule has 4 nitrogen and oxygen atoms in total. The fourth-order valence-corrected chi connectivity index (χ4v) is 3.69. The molecule has 0 aromatic heterocycles. The quantitative estimate of drug-likeness (QED) is 0.906. The van der Waals surface area contributed by atoms with Gasteiger partial charge in [0.25, 0.3) is 5.91 Å². The molecular weight excluding hydrogens is 324 g/mol. The van der Waals surface area contributed by atoms with Crippen LogP contribution in [0.3, 0.4) is 0 Å². The summed E-state index contributed by atoms with van der Waals surface area (Å²) >= 11 is 0. The molecule has 1 N–H and O–H groups in total. The average Bonchev–Trinajstić information content (AvgIpc) is 2.61. The second-order valence-corrected chi connectivity index (χ2v) is 7.44. The van der Waals surface area contributed by atoms with Crippen LogP contribution in [-0.4, -0.2) is 29.8 Å². The average molecular weight is 350 g/mol. The van der Waals surface area contributed by atoms with Crippen molar-refractivity contribution in [3.63, 3.8) is 0 Å². The van der Waals surface area contributed by atoms with E-state index in [-0.39, 0.29) is 11.8 Å². The number of carbonyl (C=O) groups excluding carboxylic acids is 2. The number of amides is 2. The SMILES string of the molecule is CC1CC(C)CN(C(=O)c2ccc(NC(=O)Cc3ccccc3)cc2)C1. The number of likely N-dealkylation sites (tertiary alicyclic amines) is 1. The van der Waals surface area contributed by atoms with Crippen LogP contribution in [0.4, 0.5) is 5.69 Å². The molecule has 0 bridgehead atoms. The normalized spacial score (nSPS) is 19.8. The first-order valence-corrected chi connectivity index (χ1v) is 9.24. The summed E-state index contributed by atoms with van der Waals surface area (Å²) in [7, 11) is 0. The zero-order valence-electron chi connectivity index (χ0n) is 15.4. The van der Waals surface area contributed by atoms with Gasteiger partial charge in [-0.2, -0.15) is 0 Å². The van der Waals surface area contributed by atoms with Crippen molar-refractivity contribution in [3.8, 4) is 0 Å². The molecule has 0 spiro atoms. The lowest BCUT2D eigenvalue weighted by molar-refractivity contribution is -0.115. The summed E-state index contributed by atoms with van der Waals surface area (Å²) in [4.78, 5) is 26.8. The molecule has 2 aromatic rings. The van der Waals surface area contributed by atoms with Gasteiger partial charge in [-0.05, 0) is 48.1 Å². The fraction of sp³-hybridized carbons (Fsp3) is 0.364. The molecule has 1 aliphatic rings. The van der Waals surface area contributed by atoms with Crippen molar-refractivity contribution in [3.05, 3.63) is 65.7 Å². The van der Waals surface area contributed by atoms with Gasteiger partial charge in [-0.25, -0.2) is 0 Å². The number of rotatable bonds is 4. The number of piperidine rings is 1. The summed E-state index contributed by atoms with van der Waals surface area (Å²) in [5.41, 5.74) is 2.36. The third-order valence-corrected chi connectivity index (χ3v) is 4.78. The number of hydrogen-bond donors (Lipinski definition) is 1. The summed E-state index contributed by atoms with van der Waals surface area (Å²) in [6, 6.07) is 16.8. The van der Waals surface area contributed by atoms with Gasteiger partial charge >= 0.3 is 0 Å². The van der Waals surface area contributed by atoms with Gasteiger partial charge in [-0.3, -0.25) is 9.59 Å². The number of anilines is 1. The number of nitrogens with zero attached hydrogens (tertiary/aromatic N) is 1. The molecule has 0 aliphatic carbocycles. The number of carbonyl (C=O) groups is 2. The topological polar surface area (TPSA) is 49.4 Å². The van der Waals surface area contributed by atoms with E-state index in [1.54, 1.807) is 24.3 Å². The first-order valence-electron chi connectivity index (χ1n) is 9.24. The molecule has 1 fully saturated rings. The highest BCUT2D eigenvalue weighted by atomic mass is 16.2. The minimum absolute atomic E-state index is 0.0612. The first kappa shape index (κ1) is 18.2. The molecule has 1 aliphatic heterocycles. The van der Waals surface area contributed by atoms with E-state index in [4.69, 9.17) is 0 Å². The highest BCUT2D eigenvalue weighted by Crippen LogP contribution is 2.23. The van der Waals surface area contributed by atoms with E-state index in [1.807, 2.05) is 35.2 Å². The van der Waals surface area contributed by atoms with Gasteiger partial charge in [0, 0.05) is 24.3 Å². The van der Waals surface area contributed by atoms with Crippen molar-refractivity contribution < 1.29 is 9.59 Å². The molecule has 4 heteroatoms. The van der Waals surface area contributed by atoms with E-state index in [0.717, 1.165) is 18.7 Å². The number of hydrogen-bond acceptors (Lipinski definition) is 2. The van der Waals surface area contributed by atoms with Crippen LogP contribution in [0, 0.1) is 11.8 Å². The predicted octanol–water partition coefficient (Wildman–Crippen LogP) is 3.99. The summed E-state index contributed by atoms with van der Waals surface area (Å²) in [5.74, 6) is 1.10. The molecule has 0 saturated carbocycles. The lowest BCUT2D eigenvalue weighted by Crippen LogP contribution is -2.42. The maximum absolute atomic E-state index is 12.7. The molecule has 26 heavy (non-hydrogen) atoms. The third-order valence-electron chi connectivity index (χ3n) is 4.78. The molecule has 3 rings (SSSR count). The zero-order valence-corrected chi connectivity index (χ0v) is 15.4. The van der Waals surface area contributed by atoms with Crippen LogP contribution in [0.5, 0.6) is 0 Å². The van der Waals surface area contributed by atoms with Crippen molar-refractivity contribution in [1.82, 2.24) is 4.90 Å². The predicted molar refractivity (Wildman–Crippen MR) is 104 cm³/mol. The maximum Gasteiger partial charge on any atom is 0.253 e. The van der Waals surface area contributed by atoms with Gasteiger partial charge in [-0.1, -0.05) is 44.2 Å². The molecule has 2 aromatic carbocycles. The minimum Gasteiger partial charge on any atom is -0.338 e. The van der Waals surface area contributed by atoms with Crippen LogP contribution in [-0.2, 0) is 11.2 Å². The van der Waals surface area contributed by atoms with Gasteiger partial charge in [0.1, 0.15) is 0 Å². The van der Waals surface area contributed by atoms with Crippen molar-refractivity contribution in [2.75, 3.05) is 18.4 Å². The summed E-state index contributed by atoms with van der Waals surface area (Å²) < 4.78 is 0. The van der Waals surface area contributed by atoms with Gasteiger partial charge in [0.2, 0.25) is 5.91 Å². The highest BCUT2D eigenvalue weighted by Gasteiger charge is 2.26. The fourth-order valence-electron chi connectivity index (χ4n) is 3.69.